The van der Waals surface area contributed by atoms with Gasteiger partial charge in [-0.25, -0.2) is 9.97 Å². The van der Waals surface area contributed by atoms with Crippen LogP contribution in [0, 0.1) is 13.8 Å². The highest BCUT2D eigenvalue weighted by atomic mass is 15.3. The number of nitrogen functional groups attached to an aromatic ring is 1. The Kier molecular flexibility index (Phi) is 3.30. The smallest absolute Gasteiger partial charge is 0.226 e. The number of hydrogen-bond acceptors (Lipinski definition) is 4. The van der Waals surface area contributed by atoms with E-state index in [9.17, 15) is 0 Å². The van der Waals surface area contributed by atoms with E-state index in [-0.39, 0.29) is 0 Å². The highest BCUT2D eigenvalue weighted by Gasteiger charge is 2.31. The Morgan fingerprint density at radius 2 is 1.70 bits per heavy atom. The Bertz CT molecular complexity index is 582. The van der Waals surface area contributed by atoms with E-state index >= 15 is 0 Å². The molecular formula is C16H20N4. The summed E-state index contributed by atoms with van der Waals surface area (Å²) < 4.78 is 0. The molecule has 0 amide bonds. The van der Waals surface area contributed by atoms with Crippen LogP contribution in [0.5, 0.6) is 0 Å². The topological polar surface area (TPSA) is 55.0 Å². The van der Waals surface area contributed by atoms with Gasteiger partial charge in [-0.3, -0.25) is 0 Å². The minimum Gasteiger partial charge on any atom is -0.399 e. The summed E-state index contributed by atoms with van der Waals surface area (Å²) >= 11 is 0. The van der Waals surface area contributed by atoms with Gasteiger partial charge in [-0.2, -0.15) is 0 Å². The predicted molar refractivity (Wildman–Crippen MR) is 81.6 cm³/mol. The molecule has 0 saturated heterocycles. The molecule has 0 spiro atoms. The molecule has 2 N–H and O–H groups in total. The van der Waals surface area contributed by atoms with Crippen LogP contribution in [0.3, 0.4) is 0 Å². The summed E-state index contributed by atoms with van der Waals surface area (Å²) in [5.74, 6) is 0.849. The van der Waals surface area contributed by atoms with Crippen molar-refractivity contribution in [1.82, 2.24) is 9.97 Å². The van der Waals surface area contributed by atoms with Gasteiger partial charge >= 0.3 is 0 Å². The summed E-state index contributed by atoms with van der Waals surface area (Å²) in [4.78, 5) is 11.5. The number of hydrogen-bond donors (Lipinski definition) is 1. The third kappa shape index (κ3) is 2.90. The van der Waals surface area contributed by atoms with Crippen molar-refractivity contribution in [1.29, 1.82) is 0 Å². The molecule has 20 heavy (non-hydrogen) atoms. The van der Waals surface area contributed by atoms with E-state index in [1.54, 1.807) is 0 Å². The number of nitrogens with two attached hydrogens (primary N) is 1. The van der Waals surface area contributed by atoms with E-state index in [0.29, 0.717) is 6.04 Å². The maximum Gasteiger partial charge on any atom is 0.226 e. The van der Waals surface area contributed by atoms with Crippen LogP contribution in [0.2, 0.25) is 0 Å². The van der Waals surface area contributed by atoms with E-state index in [4.69, 9.17) is 5.73 Å². The molecule has 3 rings (SSSR count). The maximum absolute atomic E-state index is 5.74. The zero-order valence-electron chi connectivity index (χ0n) is 12.0. The molecule has 1 aromatic carbocycles. The molecule has 1 aromatic heterocycles. The third-order valence-corrected chi connectivity index (χ3v) is 3.55. The average Bonchev–Trinajstić information content (AvgIpc) is 3.21. The van der Waals surface area contributed by atoms with Crippen LogP contribution < -0.4 is 10.6 Å². The molecule has 0 aliphatic heterocycles. The maximum atomic E-state index is 5.74. The molecule has 104 valence electrons. The van der Waals surface area contributed by atoms with Crippen molar-refractivity contribution in [3.63, 3.8) is 0 Å². The van der Waals surface area contributed by atoms with E-state index in [1.165, 1.54) is 18.4 Å². The lowest BCUT2D eigenvalue weighted by molar-refractivity contribution is 0.752. The second-order valence-electron chi connectivity index (χ2n) is 5.55. The molecule has 0 bridgehead atoms. The molecule has 1 aliphatic carbocycles. The van der Waals surface area contributed by atoms with E-state index in [2.05, 4.69) is 27.0 Å². The first-order chi connectivity index (χ1) is 9.61. The van der Waals surface area contributed by atoms with E-state index in [1.807, 2.05) is 32.0 Å². The first-order valence-corrected chi connectivity index (χ1v) is 7.05. The number of nitrogens with zero attached hydrogens (tertiary/aromatic N) is 3. The molecule has 4 nitrogen and oxygen atoms in total. The second kappa shape index (κ2) is 5.12. The number of aromatic nitrogens is 2. The fourth-order valence-corrected chi connectivity index (χ4v) is 2.40. The van der Waals surface area contributed by atoms with Gasteiger partial charge in [0.05, 0.1) is 0 Å². The Morgan fingerprint density at radius 3 is 2.25 bits per heavy atom. The van der Waals surface area contributed by atoms with Gasteiger partial charge in [0.15, 0.2) is 0 Å². The van der Waals surface area contributed by atoms with Gasteiger partial charge in [-0.05, 0) is 50.5 Å². The van der Waals surface area contributed by atoms with Crippen molar-refractivity contribution in [2.45, 2.75) is 39.3 Å². The zero-order valence-corrected chi connectivity index (χ0v) is 12.0. The summed E-state index contributed by atoms with van der Waals surface area (Å²) in [7, 11) is 0. The Morgan fingerprint density at radius 1 is 1.10 bits per heavy atom. The summed E-state index contributed by atoms with van der Waals surface area (Å²) in [5.41, 5.74) is 9.83. The molecule has 1 aliphatic rings. The van der Waals surface area contributed by atoms with Crippen molar-refractivity contribution in [3.05, 3.63) is 47.3 Å². The normalized spacial score (nSPS) is 14.3. The molecule has 1 fully saturated rings. The summed E-state index contributed by atoms with van der Waals surface area (Å²) in [6.45, 7) is 4.88. The van der Waals surface area contributed by atoms with E-state index < -0.39 is 0 Å². The SMILES string of the molecule is Cc1cc(C)nc(N(Cc2ccc(N)cc2)C2CC2)n1. The Labute approximate surface area is 119 Å². The monoisotopic (exact) mass is 268 g/mol. The van der Waals surface area contributed by atoms with Crippen molar-refractivity contribution >= 4 is 11.6 Å². The standard InChI is InChI=1S/C16H20N4/c1-11-9-12(2)19-16(18-11)20(15-7-8-15)10-13-3-5-14(17)6-4-13/h3-6,9,15H,7-8,10,17H2,1-2H3. The van der Waals surface area contributed by atoms with Gasteiger partial charge in [-0.15, -0.1) is 0 Å². The number of aryl methyl sites for hydroxylation is 2. The number of benzene rings is 1. The molecule has 1 heterocycles. The highest BCUT2D eigenvalue weighted by molar-refractivity contribution is 5.42. The van der Waals surface area contributed by atoms with Crippen molar-refractivity contribution in [3.8, 4) is 0 Å². The van der Waals surface area contributed by atoms with Crippen molar-refractivity contribution < 1.29 is 0 Å². The Balaban J connectivity index is 1.87. The molecule has 0 unspecified atom stereocenters. The molecule has 2 aromatic rings. The summed E-state index contributed by atoms with van der Waals surface area (Å²) in [6.07, 6.45) is 2.46. The number of rotatable bonds is 4. The van der Waals surface area contributed by atoms with Crippen molar-refractivity contribution in [2.24, 2.45) is 0 Å². The van der Waals surface area contributed by atoms with Crippen molar-refractivity contribution in [2.75, 3.05) is 10.6 Å². The van der Waals surface area contributed by atoms with Crippen LogP contribution in [0.4, 0.5) is 11.6 Å². The van der Waals surface area contributed by atoms with Crippen LogP contribution >= 0.6 is 0 Å². The fraction of sp³-hybridized carbons (Fsp3) is 0.375. The second-order valence-corrected chi connectivity index (χ2v) is 5.55. The lowest BCUT2D eigenvalue weighted by atomic mass is 10.2. The Hall–Kier alpha value is -2.10. The number of anilines is 2. The minimum atomic E-state index is 0.578. The van der Waals surface area contributed by atoms with Gasteiger partial charge in [-0.1, -0.05) is 12.1 Å². The fourth-order valence-electron chi connectivity index (χ4n) is 2.40. The van der Waals surface area contributed by atoms with Crippen LogP contribution in [-0.4, -0.2) is 16.0 Å². The van der Waals surface area contributed by atoms with Gasteiger partial charge < -0.3 is 10.6 Å². The quantitative estimate of drug-likeness (QED) is 0.866. The van der Waals surface area contributed by atoms with Gasteiger partial charge in [0.1, 0.15) is 0 Å². The lowest BCUT2D eigenvalue weighted by Crippen LogP contribution is -2.27. The van der Waals surface area contributed by atoms with E-state index in [0.717, 1.165) is 29.6 Å². The summed E-state index contributed by atoms with van der Waals surface area (Å²) in [5, 5.41) is 0. The predicted octanol–water partition coefficient (Wildman–Crippen LogP) is 2.84. The average molecular weight is 268 g/mol. The van der Waals surface area contributed by atoms with Gasteiger partial charge in [0.2, 0.25) is 5.95 Å². The molecular weight excluding hydrogens is 248 g/mol. The summed E-state index contributed by atoms with van der Waals surface area (Å²) in [6, 6.07) is 10.6. The first kappa shape index (κ1) is 12.9. The zero-order chi connectivity index (χ0) is 14.1. The molecule has 1 saturated carbocycles. The van der Waals surface area contributed by atoms with Crippen LogP contribution in [-0.2, 0) is 6.54 Å². The first-order valence-electron chi connectivity index (χ1n) is 7.05. The van der Waals surface area contributed by atoms with Gasteiger partial charge in [0, 0.05) is 29.7 Å². The van der Waals surface area contributed by atoms with Crippen LogP contribution in [0.25, 0.3) is 0 Å². The molecule has 4 heteroatoms. The molecule has 0 radical (unpaired) electrons. The van der Waals surface area contributed by atoms with Crippen LogP contribution in [0.1, 0.15) is 29.8 Å². The lowest BCUT2D eigenvalue weighted by Gasteiger charge is -2.23. The van der Waals surface area contributed by atoms with Crippen LogP contribution in [0.15, 0.2) is 30.3 Å². The largest absolute Gasteiger partial charge is 0.399 e. The highest BCUT2D eigenvalue weighted by Crippen LogP contribution is 2.31. The third-order valence-electron chi connectivity index (χ3n) is 3.55. The van der Waals surface area contributed by atoms with Gasteiger partial charge in [0.25, 0.3) is 0 Å². The minimum absolute atomic E-state index is 0.578. The molecule has 0 atom stereocenters.